The molecule has 1 aliphatic heterocycles. The van der Waals surface area contributed by atoms with Crippen LogP contribution in [0.15, 0.2) is 6.33 Å². The Morgan fingerprint density at radius 1 is 1.56 bits per heavy atom. The summed E-state index contributed by atoms with van der Waals surface area (Å²) in [5.41, 5.74) is 0. The molecule has 0 aromatic carbocycles. The molecule has 1 aromatic rings. The van der Waals surface area contributed by atoms with Gasteiger partial charge in [0.2, 0.25) is 5.75 Å². The van der Waals surface area contributed by atoms with Crippen molar-refractivity contribution in [3.05, 3.63) is 11.5 Å². The molecule has 0 bridgehead atoms. The molecular weight excluding hydrogens is 232 g/mol. The van der Waals surface area contributed by atoms with Crippen LogP contribution in [0.2, 0.25) is 5.15 Å². The summed E-state index contributed by atoms with van der Waals surface area (Å²) in [5, 5.41) is 0.250. The zero-order chi connectivity index (χ0) is 11.4. The van der Waals surface area contributed by atoms with Gasteiger partial charge in [-0.15, -0.1) is 0 Å². The van der Waals surface area contributed by atoms with Gasteiger partial charge in [-0.1, -0.05) is 11.6 Å². The van der Waals surface area contributed by atoms with Crippen molar-refractivity contribution in [2.24, 2.45) is 0 Å². The molecule has 1 atom stereocenters. The first-order valence-corrected chi connectivity index (χ1v) is 5.48. The maximum atomic E-state index is 5.84. The Labute approximate surface area is 98.7 Å². The number of hydrogen-bond donors (Lipinski definition) is 0. The highest BCUT2D eigenvalue weighted by molar-refractivity contribution is 6.31. The van der Waals surface area contributed by atoms with Crippen molar-refractivity contribution >= 4 is 11.6 Å². The maximum absolute atomic E-state index is 5.84. The number of rotatable bonds is 4. The van der Waals surface area contributed by atoms with Crippen LogP contribution in [0.5, 0.6) is 11.6 Å². The predicted octanol–water partition coefficient (Wildman–Crippen LogP) is 1.70. The standard InChI is InChI=1S/C10H13ClN2O3/c1-14-8-9(11)12-6-13-10(8)16-5-7-3-2-4-15-7/h6-7H,2-5H2,1H3. The summed E-state index contributed by atoms with van der Waals surface area (Å²) in [6, 6.07) is 0. The van der Waals surface area contributed by atoms with Crippen LogP contribution >= 0.6 is 11.6 Å². The first-order chi connectivity index (χ1) is 7.81. The Bertz CT molecular complexity index is 356. The third-order valence-corrected chi connectivity index (χ3v) is 2.63. The molecule has 5 nitrogen and oxygen atoms in total. The Morgan fingerprint density at radius 2 is 2.44 bits per heavy atom. The average Bonchev–Trinajstić information content (AvgIpc) is 2.79. The first-order valence-electron chi connectivity index (χ1n) is 5.10. The molecule has 0 aliphatic carbocycles. The van der Waals surface area contributed by atoms with Gasteiger partial charge in [-0.05, 0) is 12.8 Å². The smallest absolute Gasteiger partial charge is 0.261 e. The molecule has 1 aliphatic rings. The number of ether oxygens (including phenoxy) is 3. The average molecular weight is 245 g/mol. The van der Waals surface area contributed by atoms with Crippen molar-refractivity contribution in [3.8, 4) is 11.6 Å². The molecule has 6 heteroatoms. The molecule has 2 heterocycles. The highest BCUT2D eigenvalue weighted by Crippen LogP contribution is 2.30. The van der Waals surface area contributed by atoms with Crippen LogP contribution in [-0.2, 0) is 4.74 Å². The van der Waals surface area contributed by atoms with Gasteiger partial charge in [0.05, 0.1) is 13.2 Å². The van der Waals surface area contributed by atoms with Crippen LogP contribution in [0.1, 0.15) is 12.8 Å². The van der Waals surface area contributed by atoms with E-state index in [2.05, 4.69) is 9.97 Å². The second-order valence-electron chi connectivity index (χ2n) is 3.45. The molecule has 0 radical (unpaired) electrons. The number of halogens is 1. The molecule has 1 aromatic heterocycles. The minimum atomic E-state index is 0.137. The molecule has 1 unspecified atom stereocenters. The van der Waals surface area contributed by atoms with Gasteiger partial charge in [-0.25, -0.2) is 4.98 Å². The summed E-state index contributed by atoms with van der Waals surface area (Å²) in [4.78, 5) is 7.78. The maximum Gasteiger partial charge on any atom is 0.261 e. The van der Waals surface area contributed by atoms with Crippen LogP contribution in [0.4, 0.5) is 0 Å². The van der Waals surface area contributed by atoms with E-state index in [1.807, 2.05) is 0 Å². The lowest BCUT2D eigenvalue weighted by Crippen LogP contribution is -2.17. The summed E-state index contributed by atoms with van der Waals surface area (Å²) in [7, 11) is 1.50. The van der Waals surface area contributed by atoms with E-state index in [0.29, 0.717) is 18.2 Å². The van der Waals surface area contributed by atoms with Gasteiger partial charge < -0.3 is 14.2 Å². The van der Waals surface area contributed by atoms with Crippen molar-refractivity contribution in [1.29, 1.82) is 0 Å². The third kappa shape index (κ3) is 2.54. The lowest BCUT2D eigenvalue weighted by Gasteiger charge is -2.12. The van der Waals surface area contributed by atoms with E-state index in [9.17, 15) is 0 Å². The summed E-state index contributed by atoms with van der Waals surface area (Å²) >= 11 is 5.84. The number of nitrogens with zero attached hydrogens (tertiary/aromatic N) is 2. The van der Waals surface area contributed by atoms with Crippen molar-refractivity contribution in [2.45, 2.75) is 18.9 Å². The minimum Gasteiger partial charge on any atom is -0.489 e. The van der Waals surface area contributed by atoms with Gasteiger partial charge >= 0.3 is 0 Å². The van der Waals surface area contributed by atoms with Crippen LogP contribution in [-0.4, -0.2) is 36.4 Å². The zero-order valence-electron chi connectivity index (χ0n) is 8.98. The second kappa shape index (κ2) is 5.32. The van der Waals surface area contributed by atoms with E-state index in [1.54, 1.807) is 0 Å². The molecule has 0 saturated carbocycles. The van der Waals surface area contributed by atoms with Gasteiger partial charge in [-0.3, -0.25) is 0 Å². The predicted molar refractivity (Wildman–Crippen MR) is 58.1 cm³/mol. The van der Waals surface area contributed by atoms with E-state index in [-0.39, 0.29) is 11.3 Å². The van der Waals surface area contributed by atoms with Gasteiger partial charge in [0.25, 0.3) is 5.88 Å². The van der Waals surface area contributed by atoms with E-state index < -0.39 is 0 Å². The van der Waals surface area contributed by atoms with Gasteiger partial charge in [0, 0.05) is 6.61 Å². The number of methoxy groups -OCH3 is 1. The Kier molecular flexibility index (Phi) is 3.79. The zero-order valence-corrected chi connectivity index (χ0v) is 9.74. The highest BCUT2D eigenvalue weighted by Gasteiger charge is 2.18. The monoisotopic (exact) mass is 244 g/mol. The third-order valence-electron chi connectivity index (χ3n) is 2.36. The lowest BCUT2D eigenvalue weighted by molar-refractivity contribution is 0.0651. The van der Waals surface area contributed by atoms with E-state index in [4.69, 9.17) is 25.8 Å². The van der Waals surface area contributed by atoms with Gasteiger partial charge in [0.15, 0.2) is 5.15 Å². The topological polar surface area (TPSA) is 53.5 Å². The first kappa shape index (κ1) is 11.4. The normalized spacial score (nSPS) is 19.8. The van der Waals surface area contributed by atoms with E-state index in [0.717, 1.165) is 19.4 Å². The summed E-state index contributed by atoms with van der Waals surface area (Å²) in [5.74, 6) is 0.722. The van der Waals surface area contributed by atoms with E-state index in [1.165, 1.54) is 13.4 Å². The molecule has 2 rings (SSSR count). The molecule has 1 saturated heterocycles. The molecule has 16 heavy (non-hydrogen) atoms. The van der Waals surface area contributed by atoms with Crippen LogP contribution in [0, 0.1) is 0 Å². The molecule has 0 amide bonds. The molecule has 88 valence electrons. The fourth-order valence-electron chi connectivity index (χ4n) is 1.56. The fourth-order valence-corrected chi connectivity index (χ4v) is 1.76. The number of aromatic nitrogens is 2. The van der Waals surface area contributed by atoms with Crippen molar-refractivity contribution < 1.29 is 14.2 Å². The second-order valence-corrected chi connectivity index (χ2v) is 3.81. The Balaban J connectivity index is 2.00. The minimum absolute atomic E-state index is 0.137. The van der Waals surface area contributed by atoms with Gasteiger partial charge in [0.1, 0.15) is 12.9 Å². The Hall–Kier alpha value is -1.07. The van der Waals surface area contributed by atoms with Crippen LogP contribution < -0.4 is 9.47 Å². The summed E-state index contributed by atoms with van der Waals surface area (Å²) in [6.45, 7) is 1.26. The number of hydrogen-bond acceptors (Lipinski definition) is 5. The largest absolute Gasteiger partial charge is 0.489 e. The molecule has 1 fully saturated rings. The van der Waals surface area contributed by atoms with Crippen molar-refractivity contribution in [2.75, 3.05) is 20.3 Å². The SMILES string of the molecule is COc1c(Cl)ncnc1OCC1CCCO1. The van der Waals surface area contributed by atoms with E-state index >= 15 is 0 Å². The van der Waals surface area contributed by atoms with Crippen LogP contribution in [0.3, 0.4) is 0 Å². The fraction of sp³-hybridized carbons (Fsp3) is 0.600. The highest BCUT2D eigenvalue weighted by atomic mass is 35.5. The van der Waals surface area contributed by atoms with Gasteiger partial charge in [-0.2, -0.15) is 4.98 Å². The quantitative estimate of drug-likeness (QED) is 0.755. The molecule has 0 spiro atoms. The summed E-state index contributed by atoms with van der Waals surface area (Å²) in [6.07, 6.45) is 3.57. The summed E-state index contributed by atoms with van der Waals surface area (Å²) < 4.78 is 16.0. The molecule has 0 N–H and O–H groups in total. The Morgan fingerprint density at radius 3 is 3.12 bits per heavy atom. The van der Waals surface area contributed by atoms with Crippen molar-refractivity contribution in [3.63, 3.8) is 0 Å². The van der Waals surface area contributed by atoms with Crippen molar-refractivity contribution in [1.82, 2.24) is 9.97 Å². The van der Waals surface area contributed by atoms with Crippen LogP contribution in [0.25, 0.3) is 0 Å². The molecular formula is C10H13ClN2O3. The lowest BCUT2D eigenvalue weighted by atomic mass is 10.2.